The molecule has 0 spiro atoms. The first kappa shape index (κ1) is 13.4. The SMILES string of the molecule is CN(C)C(c1cc(F)ccc1F)C1(CN)CCC1. The summed E-state index contributed by atoms with van der Waals surface area (Å²) < 4.78 is 27.3. The summed E-state index contributed by atoms with van der Waals surface area (Å²) in [6.07, 6.45) is 3.06. The smallest absolute Gasteiger partial charge is 0.128 e. The molecule has 18 heavy (non-hydrogen) atoms. The molecule has 0 aromatic heterocycles. The van der Waals surface area contributed by atoms with Gasteiger partial charge in [0.05, 0.1) is 0 Å². The van der Waals surface area contributed by atoms with Gasteiger partial charge in [0.25, 0.3) is 0 Å². The van der Waals surface area contributed by atoms with E-state index in [0.29, 0.717) is 12.1 Å². The monoisotopic (exact) mass is 254 g/mol. The molecule has 100 valence electrons. The number of rotatable bonds is 4. The topological polar surface area (TPSA) is 29.3 Å². The van der Waals surface area contributed by atoms with Crippen LogP contribution in [0.15, 0.2) is 18.2 Å². The molecule has 1 aromatic rings. The predicted octanol–water partition coefficient (Wildman–Crippen LogP) is 2.70. The summed E-state index contributed by atoms with van der Waals surface area (Å²) in [5.41, 5.74) is 6.20. The first-order valence-electron chi connectivity index (χ1n) is 6.31. The molecule has 0 saturated heterocycles. The Morgan fingerprint density at radius 2 is 2.00 bits per heavy atom. The van der Waals surface area contributed by atoms with Gasteiger partial charge in [0.2, 0.25) is 0 Å². The highest BCUT2D eigenvalue weighted by Crippen LogP contribution is 2.51. The van der Waals surface area contributed by atoms with Crippen molar-refractivity contribution in [3.05, 3.63) is 35.4 Å². The minimum atomic E-state index is -0.398. The van der Waals surface area contributed by atoms with E-state index < -0.39 is 5.82 Å². The van der Waals surface area contributed by atoms with Gasteiger partial charge in [0.15, 0.2) is 0 Å². The Balaban J connectivity index is 2.44. The average molecular weight is 254 g/mol. The minimum absolute atomic E-state index is 0.113. The summed E-state index contributed by atoms with van der Waals surface area (Å²) in [6.45, 7) is 0.506. The van der Waals surface area contributed by atoms with Crippen molar-refractivity contribution in [1.82, 2.24) is 4.90 Å². The van der Waals surface area contributed by atoms with Gasteiger partial charge in [-0.15, -0.1) is 0 Å². The second-order valence-electron chi connectivity index (χ2n) is 5.45. The molecule has 0 amide bonds. The maximum absolute atomic E-state index is 14.0. The quantitative estimate of drug-likeness (QED) is 0.895. The van der Waals surface area contributed by atoms with Gasteiger partial charge in [-0.05, 0) is 51.7 Å². The number of hydrogen-bond acceptors (Lipinski definition) is 2. The summed E-state index contributed by atoms with van der Waals surface area (Å²) >= 11 is 0. The van der Waals surface area contributed by atoms with E-state index in [2.05, 4.69) is 0 Å². The van der Waals surface area contributed by atoms with Gasteiger partial charge < -0.3 is 10.6 Å². The van der Waals surface area contributed by atoms with E-state index in [1.807, 2.05) is 19.0 Å². The summed E-state index contributed by atoms with van der Waals surface area (Å²) in [5.74, 6) is -0.750. The fourth-order valence-corrected chi connectivity index (χ4v) is 3.10. The Labute approximate surface area is 107 Å². The van der Waals surface area contributed by atoms with Crippen LogP contribution in [0.1, 0.15) is 30.9 Å². The third kappa shape index (κ3) is 2.15. The molecule has 2 rings (SSSR count). The van der Waals surface area contributed by atoms with Crippen molar-refractivity contribution in [3.8, 4) is 0 Å². The van der Waals surface area contributed by atoms with Crippen LogP contribution in [0.5, 0.6) is 0 Å². The highest BCUT2D eigenvalue weighted by Gasteiger charge is 2.45. The van der Waals surface area contributed by atoms with Gasteiger partial charge in [-0.3, -0.25) is 0 Å². The molecule has 1 aliphatic rings. The third-order valence-corrected chi connectivity index (χ3v) is 4.10. The van der Waals surface area contributed by atoms with Gasteiger partial charge >= 0.3 is 0 Å². The maximum atomic E-state index is 14.0. The molecular weight excluding hydrogens is 234 g/mol. The Bertz CT molecular complexity index is 422. The Morgan fingerprint density at radius 1 is 1.33 bits per heavy atom. The fourth-order valence-electron chi connectivity index (χ4n) is 3.10. The Morgan fingerprint density at radius 3 is 2.44 bits per heavy atom. The first-order valence-corrected chi connectivity index (χ1v) is 6.31. The second kappa shape index (κ2) is 4.94. The molecule has 0 heterocycles. The summed E-state index contributed by atoms with van der Waals surface area (Å²) in [4.78, 5) is 1.95. The number of hydrogen-bond donors (Lipinski definition) is 1. The lowest BCUT2D eigenvalue weighted by molar-refractivity contribution is 0.0260. The molecule has 1 saturated carbocycles. The van der Waals surface area contributed by atoms with E-state index in [0.717, 1.165) is 25.3 Å². The molecule has 1 fully saturated rings. The first-order chi connectivity index (χ1) is 8.50. The molecule has 0 bridgehead atoms. The van der Waals surface area contributed by atoms with Crippen molar-refractivity contribution in [2.45, 2.75) is 25.3 Å². The zero-order chi connectivity index (χ0) is 13.3. The van der Waals surface area contributed by atoms with Crippen LogP contribution >= 0.6 is 0 Å². The zero-order valence-corrected chi connectivity index (χ0v) is 10.9. The molecule has 0 radical (unpaired) electrons. The largest absolute Gasteiger partial charge is 0.330 e. The van der Waals surface area contributed by atoms with Gasteiger partial charge in [-0.1, -0.05) is 6.42 Å². The van der Waals surface area contributed by atoms with Crippen molar-refractivity contribution < 1.29 is 8.78 Å². The van der Waals surface area contributed by atoms with Crippen LogP contribution in [0.25, 0.3) is 0 Å². The molecule has 4 heteroatoms. The highest BCUT2D eigenvalue weighted by atomic mass is 19.1. The second-order valence-corrected chi connectivity index (χ2v) is 5.45. The highest BCUT2D eigenvalue weighted by molar-refractivity contribution is 5.26. The van der Waals surface area contributed by atoms with E-state index in [1.54, 1.807) is 0 Å². The zero-order valence-electron chi connectivity index (χ0n) is 10.9. The van der Waals surface area contributed by atoms with Crippen molar-refractivity contribution in [2.24, 2.45) is 11.1 Å². The van der Waals surface area contributed by atoms with Crippen LogP contribution in [0, 0.1) is 17.0 Å². The average Bonchev–Trinajstić information content (AvgIpc) is 2.26. The standard InChI is InChI=1S/C14H20F2N2/c1-18(2)13(14(9-17)6-3-7-14)11-8-10(15)4-5-12(11)16/h4-5,8,13H,3,6-7,9,17H2,1-2H3. The lowest BCUT2D eigenvalue weighted by Crippen LogP contribution is -2.48. The van der Waals surface area contributed by atoms with Crippen molar-refractivity contribution in [1.29, 1.82) is 0 Å². The number of halogens is 2. The molecular formula is C14H20F2N2. The van der Waals surface area contributed by atoms with Gasteiger partial charge in [-0.2, -0.15) is 0 Å². The molecule has 2 nitrogen and oxygen atoms in total. The predicted molar refractivity (Wildman–Crippen MR) is 68.1 cm³/mol. The summed E-state index contributed by atoms with van der Waals surface area (Å²) in [6, 6.07) is 3.49. The number of nitrogens with two attached hydrogens (primary N) is 1. The minimum Gasteiger partial charge on any atom is -0.330 e. The van der Waals surface area contributed by atoms with E-state index >= 15 is 0 Å². The third-order valence-electron chi connectivity index (χ3n) is 4.10. The van der Waals surface area contributed by atoms with Gasteiger partial charge in [0.1, 0.15) is 11.6 Å². The summed E-state index contributed by atoms with van der Waals surface area (Å²) in [7, 11) is 3.79. The van der Waals surface area contributed by atoms with Crippen molar-refractivity contribution in [3.63, 3.8) is 0 Å². The lowest BCUT2D eigenvalue weighted by Gasteiger charge is -2.50. The fraction of sp³-hybridized carbons (Fsp3) is 0.571. The molecule has 2 N–H and O–H groups in total. The van der Waals surface area contributed by atoms with E-state index in [9.17, 15) is 8.78 Å². The van der Waals surface area contributed by atoms with Crippen LogP contribution in [-0.2, 0) is 0 Å². The Hall–Kier alpha value is -1.00. The molecule has 0 aliphatic heterocycles. The van der Waals surface area contributed by atoms with E-state index in [4.69, 9.17) is 5.73 Å². The maximum Gasteiger partial charge on any atom is 0.128 e. The lowest BCUT2D eigenvalue weighted by atomic mass is 9.62. The molecule has 1 aromatic carbocycles. The van der Waals surface area contributed by atoms with Gasteiger partial charge in [-0.25, -0.2) is 8.78 Å². The van der Waals surface area contributed by atoms with E-state index in [-0.39, 0.29) is 17.3 Å². The number of nitrogens with zero attached hydrogens (tertiary/aromatic N) is 1. The van der Waals surface area contributed by atoms with Crippen LogP contribution < -0.4 is 5.73 Å². The van der Waals surface area contributed by atoms with Crippen LogP contribution in [0.2, 0.25) is 0 Å². The van der Waals surface area contributed by atoms with Gasteiger partial charge in [0, 0.05) is 17.0 Å². The molecule has 1 aliphatic carbocycles. The molecule has 1 atom stereocenters. The number of benzene rings is 1. The Kier molecular flexibility index (Phi) is 3.69. The normalized spacial score (nSPS) is 19.7. The van der Waals surface area contributed by atoms with E-state index in [1.165, 1.54) is 12.1 Å². The van der Waals surface area contributed by atoms with Crippen LogP contribution in [0.4, 0.5) is 8.78 Å². The van der Waals surface area contributed by atoms with Crippen LogP contribution in [0.3, 0.4) is 0 Å². The van der Waals surface area contributed by atoms with Crippen molar-refractivity contribution in [2.75, 3.05) is 20.6 Å². The van der Waals surface area contributed by atoms with Crippen molar-refractivity contribution >= 4 is 0 Å². The summed E-state index contributed by atoms with van der Waals surface area (Å²) in [5, 5.41) is 0. The molecule has 1 unspecified atom stereocenters. The van der Waals surface area contributed by atoms with Crippen LogP contribution in [-0.4, -0.2) is 25.5 Å².